The molecule has 2 aromatic heterocycles. The SMILES string of the molecule is CCOc1ccc(C(=O)Nc2cnc(N(C)C)nc2N(C)C)cn1. The van der Waals surface area contributed by atoms with E-state index in [0.29, 0.717) is 35.5 Å². The van der Waals surface area contributed by atoms with Gasteiger partial charge in [0.15, 0.2) is 5.82 Å². The van der Waals surface area contributed by atoms with E-state index in [4.69, 9.17) is 4.74 Å². The molecule has 0 unspecified atom stereocenters. The molecule has 2 heterocycles. The number of aromatic nitrogens is 3. The topological polar surface area (TPSA) is 83.5 Å². The zero-order valence-corrected chi connectivity index (χ0v) is 14.6. The number of anilines is 3. The highest BCUT2D eigenvalue weighted by Crippen LogP contribution is 2.23. The van der Waals surface area contributed by atoms with E-state index in [9.17, 15) is 4.79 Å². The van der Waals surface area contributed by atoms with Gasteiger partial charge in [-0.15, -0.1) is 0 Å². The van der Waals surface area contributed by atoms with Gasteiger partial charge in [-0.2, -0.15) is 4.98 Å². The lowest BCUT2D eigenvalue weighted by atomic mass is 10.2. The zero-order valence-electron chi connectivity index (χ0n) is 14.6. The third-order valence-electron chi connectivity index (χ3n) is 3.12. The van der Waals surface area contributed by atoms with Crippen LogP contribution in [0, 0.1) is 0 Å². The lowest BCUT2D eigenvalue weighted by Crippen LogP contribution is -2.21. The zero-order chi connectivity index (χ0) is 17.7. The maximum atomic E-state index is 12.4. The summed E-state index contributed by atoms with van der Waals surface area (Å²) in [4.78, 5) is 28.8. The highest BCUT2D eigenvalue weighted by Gasteiger charge is 2.14. The molecule has 1 amide bonds. The van der Waals surface area contributed by atoms with Gasteiger partial charge < -0.3 is 19.9 Å². The van der Waals surface area contributed by atoms with Crippen LogP contribution in [0.2, 0.25) is 0 Å². The van der Waals surface area contributed by atoms with Crippen molar-refractivity contribution >= 4 is 23.4 Å². The predicted molar refractivity (Wildman–Crippen MR) is 94.0 cm³/mol. The monoisotopic (exact) mass is 330 g/mol. The molecule has 0 saturated carbocycles. The molecule has 0 fully saturated rings. The van der Waals surface area contributed by atoms with Crippen LogP contribution in [0.4, 0.5) is 17.5 Å². The second-order valence-corrected chi connectivity index (χ2v) is 5.47. The van der Waals surface area contributed by atoms with Crippen molar-refractivity contribution in [3.8, 4) is 5.88 Å². The van der Waals surface area contributed by atoms with Gasteiger partial charge in [0.05, 0.1) is 18.4 Å². The Labute approximate surface area is 141 Å². The van der Waals surface area contributed by atoms with Crippen molar-refractivity contribution in [2.45, 2.75) is 6.92 Å². The summed E-state index contributed by atoms with van der Waals surface area (Å²) in [5.41, 5.74) is 0.962. The number of ether oxygens (including phenoxy) is 1. The van der Waals surface area contributed by atoms with Crippen LogP contribution >= 0.6 is 0 Å². The highest BCUT2D eigenvalue weighted by molar-refractivity contribution is 6.05. The molecular weight excluding hydrogens is 308 g/mol. The Balaban J connectivity index is 2.21. The summed E-state index contributed by atoms with van der Waals surface area (Å²) in [6.45, 7) is 2.41. The van der Waals surface area contributed by atoms with Crippen LogP contribution in [0.3, 0.4) is 0 Å². The molecule has 2 rings (SSSR count). The smallest absolute Gasteiger partial charge is 0.257 e. The van der Waals surface area contributed by atoms with Gasteiger partial charge in [0.25, 0.3) is 5.91 Å². The van der Waals surface area contributed by atoms with Crippen LogP contribution < -0.4 is 19.9 Å². The van der Waals surface area contributed by atoms with Crippen molar-refractivity contribution in [3.63, 3.8) is 0 Å². The summed E-state index contributed by atoms with van der Waals surface area (Å²) in [7, 11) is 7.43. The Hall–Kier alpha value is -2.90. The average Bonchev–Trinajstić information content (AvgIpc) is 2.55. The molecule has 0 aliphatic rings. The molecule has 0 atom stereocenters. The molecule has 0 spiro atoms. The van der Waals surface area contributed by atoms with E-state index in [2.05, 4.69) is 20.3 Å². The van der Waals surface area contributed by atoms with Crippen LogP contribution in [0.25, 0.3) is 0 Å². The minimum absolute atomic E-state index is 0.283. The average molecular weight is 330 g/mol. The Morgan fingerprint density at radius 2 is 1.88 bits per heavy atom. The summed E-state index contributed by atoms with van der Waals surface area (Å²) in [5.74, 6) is 1.40. The first-order valence-electron chi connectivity index (χ1n) is 7.54. The van der Waals surface area contributed by atoms with Gasteiger partial charge in [-0.1, -0.05) is 0 Å². The molecule has 0 aromatic carbocycles. The number of hydrogen-bond acceptors (Lipinski definition) is 7. The summed E-state index contributed by atoms with van der Waals surface area (Å²) < 4.78 is 5.27. The van der Waals surface area contributed by atoms with Gasteiger partial charge in [0.2, 0.25) is 11.8 Å². The first-order valence-corrected chi connectivity index (χ1v) is 7.54. The van der Waals surface area contributed by atoms with Gasteiger partial charge in [-0.05, 0) is 13.0 Å². The molecule has 0 aliphatic heterocycles. The fourth-order valence-corrected chi connectivity index (χ4v) is 1.95. The van der Waals surface area contributed by atoms with Crippen molar-refractivity contribution in [1.29, 1.82) is 0 Å². The van der Waals surface area contributed by atoms with Crippen LogP contribution in [0.15, 0.2) is 24.5 Å². The first kappa shape index (κ1) is 17.5. The van der Waals surface area contributed by atoms with Gasteiger partial charge >= 0.3 is 0 Å². The van der Waals surface area contributed by atoms with Gasteiger partial charge in [0.1, 0.15) is 5.69 Å². The molecule has 8 nitrogen and oxygen atoms in total. The number of nitrogens with one attached hydrogen (secondary N) is 1. The van der Waals surface area contributed by atoms with E-state index in [-0.39, 0.29) is 5.91 Å². The second-order valence-electron chi connectivity index (χ2n) is 5.47. The normalized spacial score (nSPS) is 10.2. The van der Waals surface area contributed by atoms with E-state index in [1.807, 2.05) is 40.0 Å². The van der Waals surface area contributed by atoms with Crippen LogP contribution in [-0.2, 0) is 0 Å². The minimum atomic E-state index is -0.283. The molecule has 128 valence electrons. The number of nitrogens with zero attached hydrogens (tertiary/aromatic N) is 5. The molecule has 0 radical (unpaired) electrons. The number of carbonyl (C=O) groups excluding carboxylic acids is 1. The lowest BCUT2D eigenvalue weighted by molar-refractivity contribution is 0.102. The molecule has 1 N–H and O–H groups in total. The number of rotatable bonds is 6. The second kappa shape index (κ2) is 7.58. The molecule has 8 heteroatoms. The molecule has 0 saturated heterocycles. The largest absolute Gasteiger partial charge is 0.478 e. The van der Waals surface area contributed by atoms with E-state index in [0.717, 1.165) is 0 Å². The van der Waals surface area contributed by atoms with Crippen molar-refractivity contribution in [1.82, 2.24) is 15.0 Å². The number of carbonyl (C=O) groups is 1. The van der Waals surface area contributed by atoms with E-state index >= 15 is 0 Å². The van der Waals surface area contributed by atoms with Gasteiger partial charge in [0, 0.05) is 40.5 Å². The van der Waals surface area contributed by atoms with Crippen LogP contribution in [-0.4, -0.2) is 55.7 Å². The molecule has 0 aliphatic carbocycles. The lowest BCUT2D eigenvalue weighted by Gasteiger charge is -2.19. The first-order chi connectivity index (χ1) is 11.4. The van der Waals surface area contributed by atoms with Crippen molar-refractivity contribution < 1.29 is 9.53 Å². The van der Waals surface area contributed by atoms with E-state index in [1.54, 1.807) is 23.2 Å². The molecule has 0 bridgehead atoms. The fourth-order valence-electron chi connectivity index (χ4n) is 1.95. The Kier molecular flexibility index (Phi) is 5.51. The maximum Gasteiger partial charge on any atom is 0.257 e. The van der Waals surface area contributed by atoms with Crippen molar-refractivity contribution in [2.24, 2.45) is 0 Å². The number of amides is 1. The van der Waals surface area contributed by atoms with E-state index < -0.39 is 0 Å². The fraction of sp³-hybridized carbons (Fsp3) is 0.375. The quantitative estimate of drug-likeness (QED) is 0.862. The van der Waals surface area contributed by atoms with Gasteiger partial charge in [-0.25, -0.2) is 9.97 Å². The standard InChI is InChI=1S/C16H22N6O2/c1-6-24-13-8-7-11(9-17-13)15(23)19-12-10-18-16(22(4)5)20-14(12)21(2)3/h7-10H,6H2,1-5H3,(H,19,23). The summed E-state index contributed by atoms with van der Waals surface area (Å²) in [6, 6.07) is 3.33. The Morgan fingerprint density at radius 1 is 1.12 bits per heavy atom. The third-order valence-corrected chi connectivity index (χ3v) is 3.12. The van der Waals surface area contributed by atoms with Crippen LogP contribution in [0.5, 0.6) is 5.88 Å². The van der Waals surface area contributed by atoms with Gasteiger partial charge in [-0.3, -0.25) is 4.79 Å². The summed E-state index contributed by atoms with van der Waals surface area (Å²) in [5, 5.41) is 2.82. The van der Waals surface area contributed by atoms with Crippen molar-refractivity contribution in [2.75, 3.05) is 49.9 Å². The Bertz CT molecular complexity index is 700. The minimum Gasteiger partial charge on any atom is -0.478 e. The van der Waals surface area contributed by atoms with E-state index in [1.165, 1.54) is 6.20 Å². The van der Waals surface area contributed by atoms with Crippen LogP contribution in [0.1, 0.15) is 17.3 Å². The maximum absolute atomic E-state index is 12.4. The number of hydrogen-bond donors (Lipinski definition) is 1. The highest BCUT2D eigenvalue weighted by atomic mass is 16.5. The predicted octanol–water partition coefficient (Wildman–Crippen LogP) is 1.65. The third kappa shape index (κ3) is 4.09. The Morgan fingerprint density at radius 3 is 2.42 bits per heavy atom. The summed E-state index contributed by atoms with van der Waals surface area (Å²) >= 11 is 0. The summed E-state index contributed by atoms with van der Waals surface area (Å²) in [6.07, 6.45) is 3.07. The molecule has 24 heavy (non-hydrogen) atoms. The molecule has 2 aromatic rings. The number of pyridine rings is 1. The van der Waals surface area contributed by atoms with Crippen molar-refractivity contribution in [3.05, 3.63) is 30.1 Å². The molecular formula is C16H22N6O2.